The van der Waals surface area contributed by atoms with Crippen LogP contribution in [0.5, 0.6) is 0 Å². The number of anilines is 1. The molecule has 0 aliphatic carbocycles. The van der Waals surface area contributed by atoms with Crippen LogP contribution in [0.3, 0.4) is 0 Å². The van der Waals surface area contributed by atoms with Gasteiger partial charge >= 0.3 is 6.18 Å². The number of nitrogens with zero attached hydrogens (tertiary/aromatic N) is 5. The van der Waals surface area contributed by atoms with Crippen molar-refractivity contribution in [2.24, 2.45) is 7.05 Å². The van der Waals surface area contributed by atoms with Crippen molar-refractivity contribution in [3.05, 3.63) is 55.9 Å². The Kier molecular flexibility index (Phi) is 4.94. The van der Waals surface area contributed by atoms with Gasteiger partial charge in [-0.3, -0.25) is 24.9 Å². The van der Waals surface area contributed by atoms with Crippen LogP contribution in [0.1, 0.15) is 18.1 Å². The molecule has 2 heterocycles. The average Bonchev–Trinajstić information content (AvgIpc) is 3.07. The Labute approximate surface area is 161 Å². The largest absolute Gasteiger partial charge is 0.416 e. The van der Waals surface area contributed by atoms with Crippen molar-refractivity contribution in [2.45, 2.75) is 18.7 Å². The maximum atomic E-state index is 13.1. The van der Waals surface area contributed by atoms with Crippen LogP contribution >= 0.6 is 0 Å². The van der Waals surface area contributed by atoms with E-state index in [1.165, 1.54) is 15.8 Å². The van der Waals surface area contributed by atoms with Gasteiger partial charge in [0, 0.05) is 37.5 Å². The van der Waals surface area contributed by atoms with Crippen molar-refractivity contribution < 1.29 is 27.8 Å². The van der Waals surface area contributed by atoms with Crippen molar-refractivity contribution in [2.75, 3.05) is 24.6 Å². The van der Waals surface area contributed by atoms with Crippen LogP contribution in [-0.4, -0.2) is 39.3 Å². The average molecular weight is 415 g/mol. The number of halogens is 3. The lowest BCUT2D eigenvalue weighted by atomic mass is 9.96. The summed E-state index contributed by atoms with van der Waals surface area (Å²) in [4.78, 5) is 22.2. The summed E-state index contributed by atoms with van der Waals surface area (Å²) in [5.41, 5.74) is -4.29. The number of aromatic nitrogens is 2. The molecule has 29 heavy (non-hydrogen) atoms. The molecule has 10 nitrogen and oxygen atoms in total. The number of alkyl halides is 3. The summed E-state index contributed by atoms with van der Waals surface area (Å²) in [6.07, 6.45) is -1.78. The SMILES string of the molecule is Cn1cc(C2(C)CN(c3c([N+](=O)[O-])cc(C(F)(F)F)cc3[N+](=O)[O-])CCO2)cn1. The third-order valence-electron chi connectivity index (χ3n) is 4.70. The van der Waals surface area contributed by atoms with Gasteiger partial charge < -0.3 is 9.64 Å². The van der Waals surface area contributed by atoms with E-state index in [0.717, 1.165) is 0 Å². The highest BCUT2D eigenvalue weighted by atomic mass is 19.4. The molecule has 0 amide bonds. The number of morpholine rings is 1. The minimum atomic E-state index is -4.97. The van der Waals surface area contributed by atoms with Gasteiger partial charge in [-0.25, -0.2) is 0 Å². The first-order valence-corrected chi connectivity index (χ1v) is 8.34. The van der Waals surface area contributed by atoms with Crippen molar-refractivity contribution >= 4 is 17.1 Å². The smallest absolute Gasteiger partial charge is 0.367 e. The molecule has 0 spiro atoms. The van der Waals surface area contributed by atoms with Crippen LogP contribution in [0.4, 0.5) is 30.2 Å². The second-order valence-electron chi connectivity index (χ2n) is 6.78. The Morgan fingerprint density at radius 3 is 2.24 bits per heavy atom. The molecule has 1 atom stereocenters. The summed E-state index contributed by atoms with van der Waals surface area (Å²) >= 11 is 0. The van der Waals surface area contributed by atoms with E-state index in [2.05, 4.69) is 5.10 Å². The molecule has 156 valence electrons. The Hall–Kier alpha value is -3.22. The van der Waals surface area contributed by atoms with E-state index in [-0.39, 0.29) is 19.7 Å². The number of hydrogen-bond acceptors (Lipinski definition) is 7. The van der Waals surface area contributed by atoms with Crippen molar-refractivity contribution in [3.63, 3.8) is 0 Å². The Bertz CT molecular complexity index is 941. The lowest BCUT2D eigenvalue weighted by Crippen LogP contribution is -2.48. The topological polar surface area (TPSA) is 117 Å². The first-order valence-electron chi connectivity index (χ1n) is 8.34. The van der Waals surface area contributed by atoms with E-state index in [4.69, 9.17) is 4.74 Å². The van der Waals surface area contributed by atoms with Gasteiger partial charge in [0.1, 0.15) is 5.60 Å². The Morgan fingerprint density at radius 1 is 1.21 bits per heavy atom. The number of hydrogen-bond donors (Lipinski definition) is 0. The lowest BCUT2D eigenvalue weighted by molar-refractivity contribution is -0.393. The minimum Gasteiger partial charge on any atom is -0.367 e. The van der Waals surface area contributed by atoms with Gasteiger partial charge in [0.15, 0.2) is 5.69 Å². The van der Waals surface area contributed by atoms with E-state index in [0.29, 0.717) is 17.7 Å². The fraction of sp³-hybridized carbons (Fsp3) is 0.438. The molecule has 3 rings (SSSR count). The normalized spacial score (nSPS) is 20.0. The van der Waals surface area contributed by atoms with E-state index < -0.39 is 44.2 Å². The van der Waals surface area contributed by atoms with Crippen LogP contribution in [0.2, 0.25) is 0 Å². The van der Waals surface area contributed by atoms with E-state index in [9.17, 15) is 33.4 Å². The molecule has 1 aliphatic rings. The van der Waals surface area contributed by atoms with E-state index >= 15 is 0 Å². The summed E-state index contributed by atoms with van der Waals surface area (Å²) in [5.74, 6) is 0. The maximum Gasteiger partial charge on any atom is 0.416 e. The molecular weight excluding hydrogens is 399 g/mol. The van der Waals surface area contributed by atoms with Crippen molar-refractivity contribution in [1.82, 2.24) is 9.78 Å². The van der Waals surface area contributed by atoms with Gasteiger partial charge in [-0.2, -0.15) is 18.3 Å². The molecule has 1 unspecified atom stereocenters. The Morgan fingerprint density at radius 2 is 1.79 bits per heavy atom. The zero-order chi connectivity index (χ0) is 21.6. The minimum absolute atomic E-state index is 0.0307. The number of ether oxygens (including phenoxy) is 1. The van der Waals surface area contributed by atoms with Crippen LogP contribution < -0.4 is 4.90 Å². The third-order valence-corrected chi connectivity index (χ3v) is 4.70. The summed E-state index contributed by atoms with van der Waals surface area (Å²) in [6, 6.07) is 0.637. The fourth-order valence-electron chi connectivity index (χ4n) is 3.30. The van der Waals surface area contributed by atoms with Gasteiger partial charge in [-0.15, -0.1) is 0 Å². The van der Waals surface area contributed by atoms with Crippen molar-refractivity contribution in [3.8, 4) is 0 Å². The summed E-state index contributed by atoms with van der Waals surface area (Å²) < 4.78 is 46.6. The number of benzene rings is 1. The number of aryl methyl sites for hydroxylation is 1. The van der Waals surface area contributed by atoms with Gasteiger partial charge in [0.25, 0.3) is 11.4 Å². The van der Waals surface area contributed by atoms with Crippen LogP contribution in [0.25, 0.3) is 0 Å². The predicted molar refractivity (Wildman–Crippen MR) is 93.5 cm³/mol. The highest BCUT2D eigenvalue weighted by Gasteiger charge is 2.43. The highest BCUT2D eigenvalue weighted by molar-refractivity contribution is 5.76. The molecular formula is C16H16F3N5O5. The first kappa shape index (κ1) is 20.5. The predicted octanol–water partition coefficient (Wildman–Crippen LogP) is 3.01. The second kappa shape index (κ2) is 6.99. The molecule has 1 aromatic carbocycles. The highest BCUT2D eigenvalue weighted by Crippen LogP contribution is 2.45. The van der Waals surface area contributed by atoms with Crippen LogP contribution in [0, 0.1) is 20.2 Å². The molecule has 2 aromatic rings. The van der Waals surface area contributed by atoms with Gasteiger partial charge in [-0.05, 0) is 6.92 Å². The van der Waals surface area contributed by atoms with Gasteiger partial charge in [-0.1, -0.05) is 0 Å². The third kappa shape index (κ3) is 3.85. The lowest BCUT2D eigenvalue weighted by Gasteiger charge is -2.40. The van der Waals surface area contributed by atoms with Gasteiger partial charge in [0.05, 0.1) is 34.8 Å². The standard InChI is InChI=1S/C16H16F3N5O5/c1-15(11-7-20-21(2)8-11)9-22(3-4-29-15)14-12(23(25)26)5-10(16(17,18)19)6-13(14)24(27)28/h5-8H,3-4,9H2,1-2H3. The Balaban J connectivity index is 2.13. The number of nitro benzene ring substituents is 2. The first-order chi connectivity index (χ1) is 13.4. The molecule has 1 aliphatic heterocycles. The molecule has 0 saturated carbocycles. The quantitative estimate of drug-likeness (QED) is 0.557. The zero-order valence-electron chi connectivity index (χ0n) is 15.3. The molecule has 1 aromatic heterocycles. The summed E-state index contributed by atoms with van der Waals surface area (Å²) in [6.45, 7) is 1.72. The van der Waals surface area contributed by atoms with E-state index in [1.54, 1.807) is 20.2 Å². The van der Waals surface area contributed by atoms with Gasteiger partial charge in [0.2, 0.25) is 0 Å². The van der Waals surface area contributed by atoms with Crippen LogP contribution in [0.15, 0.2) is 24.5 Å². The van der Waals surface area contributed by atoms with Crippen molar-refractivity contribution in [1.29, 1.82) is 0 Å². The number of nitro groups is 2. The molecule has 13 heteroatoms. The van der Waals surface area contributed by atoms with E-state index in [1.807, 2.05) is 0 Å². The molecule has 0 radical (unpaired) electrons. The monoisotopic (exact) mass is 415 g/mol. The molecule has 1 saturated heterocycles. The number of rotatable bonds is 4. The molecule has 1 fully saturated rings. The fourth-order valence-corrected chi connectivity index (χ4v) is 3.30. The molecule has 0 N–H and O–H groups in total. The zero-order valence-corrected chi connectivity index (χ0v) is 15.3. The second-order valence-corrected chi connectivity index (χ2v) is 6.78. The summed E-state index contributed by atoms with van der Waals surface area (Å²) in [7, 11) is 1.68. The van der Waals surface area contributed by atoms with Crippen LogP contribution in [-0.2, 0) is 23.6 Å². The summed E-state index contributed by atoms with van der Waals surface area (Å²) in [5, 5.41) is 27.0. The maximum absolute atomic E-state index is 13.1. The molecule has 0 bridgehead atoms.